The standard InChI is InChI=1S/C20H16ClFN2O4/c1-12-14(8-9-27-12)20(26)24-17-10-13(6-7-16(17)22)23-19(25)11-28-18-5-3-2-4-15(18)21/h2-10H,11H2,1H3,(H,23,25)(H,24,26). The lowest BCUT2D eigenvalue weighted by molar-refractivity contribution is -0.118. The van der Waals surface area contributed by atoms with Crippen molar-refractivity contribution in [1.82, 2.24) is 0 Å². The highest BCUT2D eigenvalue weighted by molar-refractivity contribution is 6.32. The number of amides is 2. The minimum Gasteiger partial charge on any atom is -0.482 e. The molecule has 3 aromatic rings. The van der Waals surface area contributed by atoms with E-state index >= 15 is 0 Å². The van der Waals surface area contributed by atoms with Gasteiger partial charge in [0, 0.05) is 5.69 Å². The molecule has 0 saturated carbocycles. The first-order valence-electron chi connectivity index (χ1n) is 8.26. The molecule has 1 aromatic heterocycles. The van der Waals surface area contributed by atoms with Crippen LogP contribution in [0.2, 0.25) is 5.02 Å². The lowest BCUT2D eigenvalue weighted by Crippen LogP contribution is -2.20. The average molecular weight is 403 g/mol. The third-order valence-corrected chi connectivity index (χ3v) is 4.11. The lowest BCUT2D eigenvalue weighted by atomic mass is 10.2. The van der Waals surface area contributed by atoms with Crippen LogP contribution in [0, 0.1) is 12.7 Å². The molecule has 0 saturated heterocycles. The molecule has 0 atom stereocenters. The van der Waals surface area contributed by atoms with E-state index in [0.29, 0.717) is 27.8 Å². The number of carbonyl (C=O) groups excluding carboxylic acids is 2. The first-order chi connectivity index (χ1) is 13.4. The van der Waals surface area contributed by atoms with E-state index in [1.54, 1.807) is 31.2 Å². The molecule has 0 fully saturated rings. The number of hydrogen-bond donors (Lipinski definition) is 2. The quantitative estimate of drug-likeness (QED) is 0.628. The molecular weight excluding hydrogens is 387 g/mol. The Morgan fingerprint density at radius 3 is 2.64 bits per heavy atom. The number of nitrogens with one attached hydrogen (secondary N) is 2. The van der Waals surface area contributed by atoms with E-state index < -0.39 is 17.6 Å². The van der Waals surface area contributed by atoms with E-state index in [0.717, 1.165) is 6.07 Å². The summed E-state index contributed by atoms with van der Waals surface area (Å²) in [7, 11) is 0. The predicted molar refractivity (Wildman–Crippen MR) is 103 cm³/mol. The van der Waals surface area contributed by atoms with Gasteiger partial charge >= 0.3 is 0 Å². The maximum atomic E-state index is 14.0. The fourth-order valence-electron chi connectivity index (χ4n) is 2.41. The fourth-order valence-corrected chi connectivity index (χ4v) is 2.60. The Hall–Kier alpha value is -3.32. The smallest absolute Gasteiger partial charge is 0.262 e. The highest BCUT2D eigenvalue weighted by Crippen LogP contribution is 2.24. The highest BCUT2D eigenvalue weighted by Gasteiger charge is 2.15. The summed E-state index contributed by atoms with van der Waals surface area (Å²) >= 11 is 5.96. The summed E-state index contributed by atoms with van der Waals surface area (Å²) in [4.78, 5) is 24.3. The van der Waals surface area contributed by atoms with Gasteiger partial charge in [0.25, 0.3) is 11.8 Å². The predicted octanol–water partition coefficient (Wildman–Crippen LogP) is 4.65. The number of carbonyl (C=O) groups is 2. The minimum absolute atomic E-state index is 0.0737. The number of benzene rings is 2. The summed E-state index contributed by atoms with van der Waals surface area (Å²) in [5, 5.41) is 5.42. The summed E-state index contributed by atoms with van der Waals surface area (Å²) < 4.78 is 24.5. The molecule has 0 unspecified atom stereocenters. The molecule has 0 bridgehead atoms. The summed E-state index contributed by atoms with van der Waals surface area (Å²) in [5.74, 6) is -0.828. The number of ether oxygens (including phenoxy) is 1. The average Bonchev–Trinajstić information content (AvgIpc) is 3.10. The number of furan rings is 1. The van der Waals surface area contributed by atoms with Crippen molar-refractivity contribution < 1.29 is 23.1 Å². The Labute approximate surface area is 165 Å². The topological polar surface area (TPSA) is 80.6 Å². The molecule has 1 heterocycles. The van der Waals surface area contributed by atoms with Gasteiger partial charge in [-0.25, -0.2) is 4.39 Å². The molecule has 0 aliphatic carbocycles. The van der Waals surface area contributed by atoms with Gasteiger partial charge in [-0.15, -0.1) is 0 Å². The van der Waals surface area contributed by atoms with Gasteiger partial charge in [-0.3, -0.25) is 9.59 Å². The molecule has 8 heteroatoms. The molecule has 2 amide bonds. The minimum atomic E-state index is -0.639. The van der Waals surface area contributed by atoms with Crippen molar-refractivity contribution in [2.45, 2.75) is 6.92 Å². The van der Waals surface area contributed by atoms with Gasteiger partial charge < -0.3 is 19.8 Å². The number of hydrogen-bond acceptors (Lipinski definition) is 4. The number of rotatable bonds is 6. The Kier molecular flexibility index (Phi) is 5.96. The monoisotopic (exact) mass is 402 g/mol. The number of halogens is 2. The van der Waals surface area contributed by atoms with Crippen molar-refractivity contribution >= 4 is 34.8 Å². The van der Waals surface area contributed by atoms with Crippen molar-refractivity contribution in [2.24, 2.45) is 0 Å². The molecular formula is C20H16ClFN2O4. The molecule has 3 rings (SSSR count). The van der Waals surface area contributed by atoms with Crippen LogP contribution in [0.1, 0.15) is 16.1 Å². The van der Waals surface area contributed by atoms with E-state index in [-0.39, 0.29) is 12.3 Å². The zero-order valence-electron chi connectivity index (χ0n) is 14.8. The van der Waals surface area contributed by atoms with Gasteiger partial charge in [0.15, 0.2) is 6.61 Å². The van der Waals surface area contributed by atoms with Crippen molar-refractivity contribution in [3.8, 4) is 5.75 Å². The molecule has 0 aliphatic heterocycles. The number of anilines is 2. The Morgan fingerprint density at radius 2 is 1.93 bits per heavy atom. The van der Waals surface area contributed by atoms with Crippen molar-refractivity contribution in [3.05, 3.63) is 77.0 Å². The lowest BCUT2D eigenvalue weighted by Gasteiger charge is -2.11. The largest absolute Gasteiger partial charge is 0.482 e. The Bertz CT molecular complexity index is 1020. The SMILES string of the molecule is Cc1occc1C(=O)Nc1cc(NC(=O)COc2ccccc2Cl)ccc1F. The van der Waals surface area contributed by atoms with Crippen LogP contribution < -0.4 is 15.4 Å². The molecule has 28 heavy (non-hydrogen) atoms. The molecule has 2 N–H and O–H groups in total. The van der Waals surface area contributed by atoms with Crippen LogP contribution in [0.15, 0.2) is 59.2 Å². The number of para-hydroxylation sites is 1. The second-order valence-electron chi connectivity index (χ2n) is 5.81. The normalized spacial score (nSPS) is 10.4. The Morgan fingerprint density at radius 1 is 1.14 bits per heavy atom. The molecule has 144 valence electrons. The molecule has 6 nitrogen and oxygen atoms in total. The van der Waals surface area contributed by atoms with Gasteiger partial charge in [-0.1, -0.05) is 23.7 Å². The summed E-state index contributed by atoms with van der Waals surface area (Å²) in [6, 6.07) is 12.1. The van der Waals surface area contributed by atoms with Crippen LogP contribution in [0.3, 0.4) is 0 Å². The van der Waals surface area contributed by atoms with E-state index in [4.69, 9.17) is 20.8 Å². The summed E-state index contributed by atoms with van der Waals surface area (Å²) in [6.07, 6.45) is 1.37. The van der Waals surface area contributed by atoms with E-state index in [1.807, 2.05) is 0 Å². The van der Waals surface area contributed by atoms with E-state index in [2.05, 4.69) is 10.6 Å². The first-order valence-corrected chi connectivity index (χ1v) is 8.64. The summed E-state index contributed by atoms with van der Waals surface area (Å²) in [5.41, 5.74) is 0.519. The summed E-state index contributed by atoms with van der Waals surface area (Å²) in [6.45, 7) is 1.35. The van der Waals surface area contributed by atoms with Crippen molar-refractivity contribution in [2.75, 3.05) is 17.2 Å². The third kappa shape index (κ3) is 4.69. The fraction of sp³-hybridized carbons (Fsp3) is 0.100. The molecule has 0 aliphatic rings. The van der Waals surface area contributed by atoms with Crippen LogP contribution in [0.25, 0.3) is 0 Å². The van der Waals surface area contributed by atoms with Crippen LogP contribution in [-0.4, -0.2) is 18.4 Å². The van der Waals surface area contributed by atoms with Crippen LogP contribution in [0.4, 0.5) is 15.8 Å². The van der Waals surface area contributed by atoms with Crippen LogP contribution >= 0.6 is 11.6 Å². The second-order valence-corrected chi connectivity index (χ2v) is 6.21. The highest BCUT2D eigenvalue weighted by atomic mass is 35.5. The first kappa shape index (κ1) is 19.4. The van der Waals surface area contributed by atoms with Gasteiger partial charge in [-0.05, 0) is 43.3 Å². The molecule has 0 spiro atoms. The third-order valence-electron chi connectivity index (χ3n) is 3.80. The van der Waals surface area contributed by atoms with Gasteiger partial charge in [-0.2, -0.15) is 0 Å². The molecule has 0 radical (unpaired) electrons. The van der Waals surface area contributed by atoms with E-state index in [9.17, 15) is 14.0 Å². The molecule has 2 aromatic carbocycles. The second kappa shape index (κ2) is 8.58. The van der Waals surface area contributed by atoms with Gasteiger partial charge in [0.1, 0.15) is 17.3 Å². The number of aryl methyl sites for hydroxylation is 1. The Balaban J connectivity index is 1.64. The van der Waals surface area contributed by atoms with Crippen LogP contribution in [0.5, 0.6) is 5.75 Å². The maximum Gasteiger partial charge on any atom is 0.262 e. The maximum absolute atomic E-state index is 14.0. The van der Waals surface area contributed by atoms with Gasteiger partial charge in [0.05, 0.1) is 22.5 Å². The van der Waals surface area contributed by atoms with Crippen LogP contribution in [-0.2, 0) is 4.79 Å². The van der Waals surface area contributed by atoms with Crippen molar-refractivity contribution in [3.63, 3.8) is 0 Å². The van der Waals surface area contributed by atoms with Gasteiger partial charge in [0.2, 0.25) is 0 Å². The zero-order valence-corrected chi connectivity index (χ0v) is 15.5. The zero-order chi connectivity index (χ0) is 20.1. The van der Waals surface area contributed by atoms with Crippen molar-refractivity contribution in [1.29, 1.82) is 0 Å². The van der Waals surface area contributed by atoms with E-state index in [1.165, 1.54) is 24.5 Å².